The molecule has 0 atom stereocenters. The van der Waals surface area contributed by atoms with Crippen LogP contribution in [-0.2, 0) is 0 Å². The Labute approximate surface area is 204 Å². The van der Waals surface area contributed by atoms with E-state index in [0.717, 1.165) is 49.0 Å². The largest absolute Gasteiger partial charge is 0.207 e. The van der Waals surface area contributed by atoms with Gasteiger partial charge >= 0.3 is 0 Å². The molecule has 3 aliphatic carbocycles. The summed E-state index contributed by atoms with van der Waals surface area (Å²) < 4.78 is 28.5. The van der Waals surface area contributed by atoms with E-state index in [0.29, 0.717) is 17.8 Å². The van der Waals surface area contributed by atoms with Gasteiger partial charge in [0, 0.05) is 0 Å². The average Bonchev–Trinajstić information content (AvgIpc) is 2.89. The van der Waals surface area contributed by atoms with Gasteiger partial charge in [-0.3, -0.25) is 0 Å². The van der Waals surface area contributed by atoms with E-state index in [9.17, 15) is 4.39 Å². The first kappa shape index (κ1) is 23.8. The maximum atomic E-state index is 15.2. The van der Waals surface area contributed by atoms with E-state index < -0.39 is 0 Å². The minimum atomic E-state index is -0.177. The fourth-order valence-corrected chi connectivity index (χ4v) is 7.38. The van der Waals surface area contributed by atoms with Gasteiger partial charge in [0.2, 0.25) is 0 Å². The Kier molecular flexibility index (Phi) is 7.52. The second-order valence-corrected chi connectivity index (χ2v) is 11.4. The summed E-state index contributed by atoms with van der Waals surface area (Å²) >= 11 is 0. The molecule has 182 valence electrons. The van der Waals surface area contributed by atoms with E-state index in [-0.39, 0.29) is 11.6 Å². The zero-order valence-corrected chi connectivity index (χ0v) is 20.5. The van der Waals surface area contributed by atoms with E-state index in [1.165, 1.54) is 62.5 Å². The van der Waals surface area contributed by atoms with Crippen LogP contribution in [0.4, 0.5) is 8.78 Å². The van der Waals surface area contributed by atoms with Crippen LogP contribution >= 0.6 is 0 Å². The quantitative estimate of drug-likeness (QED) is 0.388. The average molecular weight is 463 g/mol. The first-order valence-corrected chi connectivity index (χ1v) is 13.8. The Bertz CT molecular complexity index is 937. The van der Waals surface area contributed by atoms with Gasteiger partial charge in [0.05, 0.1) is 0 Å². The number of benzene rings is 2. The molecule has 0 heterocycles. The van der Waals surface area contributed by atoms with Gasteiger partial charge in [-0.1, -0.05) is 30.3 Å². The molecule has 0 N–H and O–H groups in total. The fraction of sp³-hybridized carbons (Fsp3) is 0.562. The zero-order chi connectivity index (χ0) is 23.5. The highest BCUT2D eigenvalue weighted by Gasteiger charge is 2.31. The first-order chi connectivity index (χ1) is 16.6. The Balaban J connectivity index is 1.14. The molecule has 3 saturated carbocycles. The van der Waals surface area contributed by atoms with Crippen molar-refractivity contribution >= 4 is 0 Å². The van der Waals surface area contributed by atoms with Crippen LogP contribution in [0, 0.1) is 29.4 Å². The van der Waals surface area contributed by atoms with Crippen LogP contribution in [0.2, 0.25) is 0 Å². The summed E-state index contributed by atoms with van der Waals surface area (Å²) in [4.78, 5) is 0. The van der Waals surface area contributed by atoms with E-state index >= 15 is 4.39 Å². The summed E-state index contributed by atoms with van der Waals surface area (Å²) in [6, 6.07) is 13.1. The van der Waals surface area contributed by atoms with Crippen molar-refractivity contribution in [2.24, 2.45) is 17.8 Å². The molecule has 0 unspecified atom stereocenters. The van der Waals surface area contributed by atoms with Gasteiger partial charge in [-0.05, 0) is 147 Å². The van der Waals surface area contributed by atoms with Crippen LogP contribution < -0.4 is 0 Å². The zero-order valence-electron chi connectivity index (χ0n) is 20.5. The van der Waals surface area contributed by atoms with Gasteiger partial charge in [-0.15, -0.1) is 6.58 Å². The van der Waals surface area contributed by atoms with E-state index in [1.807, 2.05) is 18.2 Å². The van der Waals surface area contributed by atoms with Gasteiger partial charge in [0.1, 0.15) is 11.6 Å². The summed E-state index contributed by atoms with van der Waals surface area (Å²) in [6.07, 6.45) is 16.7. The van der Waals surface area contributed by atoms with Crippen molar-refractivity contribution in [3.8, 4) is 0 Å². The first-order valence-electron chi connectivity index (χ1n) is 13.8. The van der Waals surface area contributed by atoms with Crippen LogP contribution in [0.1, 0.15) is 111 Å². The third kappa shape index (κ3) is 5.31. The molecule has 2 aromatic carbocycles. The maximum Gasteiger partial charge on any atom is 0.126 e. The summed E-state index contributed by atoms with van der Waals surface area (Å²) in [5, 5.41) is 0. The molecule has 3 aliphatic rings. The molecule has 0 nitrogen and oxygen atoms in total. The summed E-state index contributed by atoms with van der Waals surface area (Å²) in [5.74, 6) is 3.67. The number of allylic oxidation sites excluding steroid dienone is 1. The molecular formula is C32H40F2. The van der Waals surface area contributed by atoms with E-state index in [1.54, 1.807) is 12.1 Å². The number of halogens is 2. The van der Waals surface area contributed by atoms with Crippen molar-refractivity contribution in [2.45, 2.75) is 94.8 Å². The predicted molar refractivity (Wildman–Crippen MR) is 137 cm³/mol. The van der Waals surface area contributed by atoms with Crippen molar-refractivity contribution in [3.05, 3.63) is 83.4 Å². The number of hydrogen-bond acceptors (Lipinski definition) is 0. The Morgan fingerprint density at radius 2 is 1.09 bits per heavy atom. The molecule has 0 spiro atoms. The Hall–Kier alpha value is -1.96. The van der Waals surface area contributed by atoms with Crippen LogP contribution in [0.25, 0.3) is 0 Å². The highest BCUT2D eigenvalue weighted by molar-refractivity contribution is 5.31. The third-order valence-electron chi connectivity index (χ3n) is 9.59. The predicted octanol–water partition coefficient (Wildman–Crippen LogP) is 9.67. The molecule has 2 aromatic rings. The molecular weight excluding hydrogens is 422 g/mol. The molecule has 0 amide bonds. The lowest BCUT2D eigenvalue weighted by molar-refractivity contribution is 0.171. The van der Waals surface area contributed by atoms with Crippen LogP contribution in [-0.4, -0.2) is 0 Å². The SMILES string of the molecule is C=CC1CCC(C2CCC(c3ccc(C4CCC(c5ccc(F)cc5)CC4)c(F)c3)CC2)CC1. The minimum Gasteiger partial charge on any atom is -0.207 e. The number of rotatable bonds is 5. The lowest BCUT2D eigenvalue weighted by Crippen LogP contribution is -2.25. The summed E-state index contributed by atoms with van der Waals surface area (Å²) in [6.45, 7) is 3.98. The minimum absolute atomic E-state index is 0.00704. The van der Waals surface area contributed by atoms with Crippen molar-refractivity contribution in [2.75, 3.05) is 0 Å². The molecule has 3 fully saturated rings. The smallest absolute Gasteiger partial charge is 0.126 e. The summed E-state index contributed by atoms with van der Waals surface area (Å²) in [7, 11) is 0. The normalized spacial score (nSPS) is 32.3. The second-order valence-electron chi connectivity index (χ2n) is 11.4. The molecule has 0 saturated heterocycles. The Morgan fingerprint density at radius 3 is 1.68 bits per heavy atom. The maximum absolute atomic E-state index is 15.2. The van der Waals surface area contributed by atoms with Crippen LogP contribution in [0.5, 0.6) is 0 Å². The highest BCUT2D eigenvalue weighted by atomic mass is 19.1. The van der Waals surface area contributed by atoms with Crippen LogP contribution in [0.3, 0.4) is 0 Å². The molecule has 34 heavy (non-hydrogen) atoms. The lowest BCUT2D eigenvalue weighted by atomic mass is 9.68. The van der Waals surface area contributed by atoms with Gasteiger partial charge in [-0.25, -0.2) is 8.78 Å². The van der Waals surface area contributed by atoms with Gasteiger partial charge in [0.15, 0.2) is 0 Å². The second kappa shape index (κ2) is 10.8. The molecule has 0 aliphatic heterocycles. The molecule has 5 rings (SSSR count). The standard InChI is InChI=1S/C32H40F2/c1-2-22-3-5-23(6-4-22)24-7-9-27(10-8-24)29-17-20-31(32(34)21-29)28-13-11-25(12-14-28)26-15-18-30(33)19-16-26/h2,15-25,27-28H,1,3-14H2. The summed E-state index contributed by atoms with van der Waals surface area (Å²) in [5.41, 5.74) is 3.35. The topological polar surface area (TPSA) is 0 Å². The lowest BCUT2D eigenvalue weighted by Gasteiger charge is -2.37. The van der Waals surface area contributed by atoms with Crippen molar-refractivity contribution < 1.29 is 8.78 Å². The third-order valence-corrected chi connectivity index (χ3v) is 9.59. The highest BCUT2D eigenvalue weighted by Crippen LogP contribution is 2.45. The molecule has 0 radical (unpaired) electrons. The van der Waals surface area contributed by atoms with Crippen molar-refractivity contribution in [3.63, 3.8) is 0 Å². The fourth-order valence-electron chi connectivity index (χ4n) is 7.38. The Morgan fingerprint density at radius 1 is 0.588 bits per heavy atom. The van der Waals surface area contributed by atoms with E-state index in [4.69, 9.17) is 0 Å². The monoisotopic (exact) mass is 462 g/mol. The number of hydrogen-bond donors (Lipinski definition) is 0. The van der Waals surface area contributed by atoms with Gasteiger partial charge in [0.25, 0.3) is 0 Å². The van der Waals surface area contributed by atoms with Gasteiger partial charge < -0.3 is 0 Å². The van der Waals surface area contributed by atoms with Crippen molar-refractivity contribution in [1.29, 1.82) is 0 Å². The molecule has 2 heteroatoms. The van der Waals surface area contributed by atoms with Gasteiger partial charge in [-0.2, -0.15) is 0 Å². The van der Waals surface area contributed by atoms with E-state index in [2.05, 4.69) is 24.8 Å². The molecule has 0 bridgehead atoms. The van der Waals surface area contributed by atoms with Crippen LogP contribution in [0.15, 0.2) is 55.1 Å². The van der Waals surface area contributed by atoms with Crippen molar-refractivity contribution in [1.82, 2.24) is 0 Å². The molecule has 0 aromatic heterocycles.